The molecule has 0 aromatic rings. The van der Waals surface area contributed by atoms with E-state index in [0.717, 1.165) is 6.42 Å². The van der Waals surface area contributed by atoms with Gasteiger partial charge in [-0.1, -0.05) is 22.9 Å². The van der Waals surface area contributed by atoms with Gasteiger partial charge in [0.2, 0.25) is 0 Å². The number of alkyl halides is 1. The Morgan fingerprint density at radius 1 is 1.36 bits per heavy atom. The van der Waals surface area contributed by atoms with Crippen molar-refractivity contribution in [3.8, 4) is 0 Å². The molecule has 1 atom stereocenters. The zero-order valence-corrected chi connectivity index (χ0v) is 9.68. The Kier molecular flexibility index (Phi) is 7.62. The first-order valence-electron chi connectivity index (χ1n) is 3.46. The molecule has 0 saturated carbocycles. The third kappa shape index (κ3) is 5.81. The highest BCUT2D eigenvalue weighted by Crippen LogP contribution is 2.05. The van der Waals surface area contributed by atoms with Crippen molar-refractivity contribution in [1.82, 2.24) is 0 Å². The van der Waals surface area contributed by atoms with Crippen LogP contribution in [-0.4, -0.2) is 35.2 Å². The molecule has 0 bridgehead atoms. The molecule has 0 rings (SSSR count). The average Bonchev–Trinajstić information content (AvgIpc) is 2.06. The van der Waals surface area contributed by atoms with Gasteiger partial charge in [0.25, 0.3) is 0 Å². The third-order valence-electron chi connectivity index (χ3n) is 1.16. The van der Waals surface area contributed by atoms with Crippen LogP contribution in [0.3, 0.4) is 0 Å². The first kappa shape index (κ1) is 11.6. The quantitative estimate of drug-likeness (QED) is 0.521. The van der Waals surface area contributed by atoms with Crippen LogP contribution in [0.1, 0.15) is 13.3 Å². The molecule has 0 aliphatic carbocycles. The molecule has 0 saturated heterocycles. The fourth-order valence-electron chi connectivity index (χ4n) is 0.477. The van der Waals surface area contributed by atoms with Crippen molar-refractivity contribution in [2.24, 2.45) is 0 Å². The van der Waals surface area contributed by atoms with Gasteiger partial charge in [0, 0.05) is 19.0 Å². The smallest absolute Gasteiger partial charge is 0.375 e. The molecule has 0 amide bonds. The maximum atomic E-state index is 5.30. The van der Waals surface area contributed by atoms with E-state index in [-0.39, 0.29) is 0 Å². The Balaban J connectivity index is 3.34. The molecule has 11 heavy (non-hydrogen) atoms. The summed E-state index contributed by atoms with van der Waals surface area (Å²) in [7, 11) is 1.72. The van der Waals surface area contributed by atoms with Crippen LogP contribution in [0.5, 0.6) is 0 Å². The predicted octanol–water partition coefficient (Wildman–Crippen LogP) is 1.45. The molecule has 0 aromatic heterocycles. The molecule has 0 heterocycles. The predicted molar refractivity (Wildman–Crippen MR) is 48.7 cm³/mol. The lowest BCUT2D eigenvalue weighted by atomic mass is 10.4. The zero-order chi connectivity index (χ0) is 8.69. The fraction of sp³-hybridized carbons (Fsp3) is 1.00. The summed E-state index contributed by atoms with van der Waals surface area (Å²) in [5, 5.41) is 0. The highest BCUT2D eigenvalue weighted by molar-refractivity contribution is 9.09. The highest BCUT2D eigenvalue weighted by Gasteiger charge is 2.15. The van der Waals surface area contributed by atoms with Crippen LogP contribution in [0, 0.1) is 0 Å². The summed E-state index contributed by atoms with van der Waals surface area (Å²) >= 11 is 3.44. The van der Waals surface area contributed by atoms with Gasteiger partial charge >= 0.3 is 9.53 Å². The fourth-order valence-corrected chi connectivity index (χ4v) is 1.59. The van der Waals surface area contributed by atoms with Crippen LogP contribution < -0.4 is 0 Å². The Labute approximate surface area is 78.1 Å². The van der Waals surface area contributed by atoms with Crippen molar-refractivity contribution in [2.75, 3.05) is 20.8 Å². The molecular weight excluding hydrogens is 228 g/mol. The van der Waals surface area contributed by atoms with Crippen molar-refractivity contribution in [1.29, 1.82) is 0 Å². The molecule has 0 aromatic carbocycles. The minimum absolute atomic E-state index is 0.396. The summed E-state index contributed by atoms with van der Waals surface area (Å²) in [5.74, 6) is 0. The normalized spacial score (nSPS) is 13.9. The molecule has 5 heteroatoms. The van der Waals surface area contributed by atoms with Gasteiger partial charge in [-0.05, 0) is 6.42 Å². The minimum Gasteiger partial charge on any atom is -0.375 e. The van der Waals surface area contributed by atoms with Gasteiger partial charge in [-0.3, -0.25) is 0 Å². The van der Waals surface area contributed by atoms with Crippen LogP contribution in [0.4, 0.5) is 0 Å². The summed E-state index contributed by atoms with van der Waals surface area (Å²) < 4.78 is 15.2. The second kappa shape index (κ2) is 7.24. The molecule has 0 aliphatic heterocycles. The largest absolute Gasteiger partial charge is 0.577 e. The molecule has 1 radical (unpaired) electrons. The van der Waals surface area contributed by atoms with Gasteiger partial charge < -0.3 is 13.3 Å². The van der Waals surface area contributed by atoms with Gasteiger partial charge in [-0.2, -0.15) is 0 Å². The summed E-state index contributed by atoms with van der Waals surface area (Å²) in [4.78, 5) is 0.396. The van der Waals surface area contributed by atoms with E-state index in [1.807, 2.05) is 0 Å². The SMILES string of the molecule is CCC(Br)CO[Si](OC)OC. The molecule has 3 nitrogen and oxygen atoms in total. The maximum Gasteiger partial charge on any atom is 0.577 e. The summed E-state index contributed by atoms with van der Waals surface area (Å²) in [5.41, 5.74) is 0. The number of rotatable bonds is 6. The van der Waals surface area contributed by atoms with Crippen molar-refractivity contribution >= 4 is 25.5 Å². The van der Waals surface area contributed by atoms with Crippen LogP contribution in [0.2, 0.25) is 0 Å². The topological polar surface area (TPSA) is 27.7 Å². The Morgan fingerprint density at radius 2 is 1.91 bits per heavy atom. The Bertz CT molecular complexity index is 89.9. The average molecular weight is 242 g/mol. The van der Waals surface area contributed by atoms with E-state index in [2.05, 4.69) is 22.9 Å². The number of hydrogen-bond acceptors (Lipinski definition) is 3. The number of halogens is 1. The maximum absolute atomic E-state index is 5.30. The summed E-state index contributed by atoms with van der Waals surface area (Å²) in [6.07, 6.45) is 1.04. The molecule has 67 valence electrons. The molecule has 0 aliphatic rings. The van der Waals surface area contributed by atoms with E-state index in [1.165, 1.54) is 0 Å². The standard InChI is InChI=1S/C6H14BrO3Si/c1-4-6(7)5-10-11(8-2)9-3/h6H,4-5H2,1-3H3. The van der Waals surface area contributed by atoms with E-state index in [4.69, 9.17) is 13.3 Å². The molecule has 0 fully saturated rings. The molecular formula is C6H14BrO3Si. The first-order chi connectivity index (χ1) is 5.24. The van der Waals surface area contributed by atoms with Gasteiger partial charge in [-0.15, -0.1) is 0 Å². The lowest BCUT2D eigenvalue weighted by Gasteiger charge is -2.11. The van der Waals surface area contributed by atoms with Crippen LogP contribution in [-0.2, 0) is 13.3 Å². The molecule has 0 N–H and O–H groups in total. The third-order valence-corrected chi connectivity index (χ3v) is 3.14. The zero-order valence-electron chi connectivity index (χ0n) is 7.09. The van der Waals surface area contributed by atoms with Gasteiger partial charge in [0.15, 0.2) is 0 Å². The van der Waals surface area contributed by atoms with Gasteiger partial charge in [0.1, 0.15) is 0 Å². The second-order valence-corrected chi connectivity index (χ2v) is 4.87. The van der Waals surface area contributed by atoms with E-state index < -0.39 is 9.53 Å². The monoisotopic (exact) mass is 241 g/mol. The van der Waals surface area contributed by atoms with E-state index in [0.29, 0.717) is 11.4 Å². The van der Waals surface area contributed by atoms with Crippen molar-refractivity contribution in [3.63, 3.8) is 0 Å². The highest BCUT2D eigenvalue weighted by atomic mass is 79.9. The van der Waals surface area contributed by atoms with Crippen molar-refractivity contribution in [3.05, 3.63) is 0 Å². The van der Waals surface area contributed by atoms with Gasteiger partial charge in [-0.25, -0.2) is 0 Å². The van der Waals surface area contributed by atoms with Crippen LogP contribution in [0.15, 0.2) is 0 Å². The lowest BCUT2D eigenvalue weighted by molar-refractivity contribution is 0.136. The van der Waals surface area contributed by atoms with E-state index >= 15 is 0 Å². The van der Waals surface area contributed by atoms with Gasteiger partial charge in [0.05, 0.1) is 6.61 Å². The van der Waals surface area contributed by atoms with E-state index in [1.54, 1.807) is 14.2 Å². The summed E-state index contributed by atoms with van der Waals surface area (Å²) in [6.45, 7) is 2.74. The van der Waals surface area contributed by atoms with Crippen LogP contribution in [0.25, 0.3) is 0 Å². The Morgan fingerprint density at radius 3 is 2.27 bits per heavy atom. The first-order valence-corrected chi connectivity index (χ1v) is 5.60. The Hall–Kier alpha value is 0.577. The van der Waals surface area contributed by atoms with Crippen molar-refractivity contribution < 1.29 is 13.3 Å². The lowest BCUT2D eigenvalue weighted by Crippen LogP contribution is -2.26. The minimum atomic E-state index is -1.46. The number of hydrogen-bond donors (Lipinski definition) is 0. The van der Waals surface area contributed by atoms with E-state index in [9.17, 15) is 0 Å². The van der Waals surface area contributed by atoms with Crippen LogP contribution >= 0.6 is 15.9 Å². The second-order valence-electron chi connectivity index (χ2n) is 1.97. The van der Waals surface area contributed by atoms with Crippen molar-refractivity contribution in [2.45, 2.75) is 18.2 Å². The molecule has 0 spiro atoms. The summed E-state index contributed by atoms with van der Waals surface area (Å²) in [6, 6.07) is 0. The molecule has 1 unspecified atom stereocenters.